The molecule has 0 saturated carbocycles. The zero-order valence-corrected chi connectivity index (χ0v) is 18.2. The molecule has 0 saturated heterocycles. The minimum Gasteiger partial charge on any atom is -0.493 e. The summed E-state index contributed by atoms with van der Waals surface area (Å²) in [5.74, 6) is 1.25. The van der Waals surface area contributed by atoms with Crippen LogP contribution in [0, 0.1) is 13.8 Å². The van der Waals surface area contributed by atoms with E-state index in [2.05, 4.69) is 42.7 Å². The van der Waals surface area contributed by atoms with Gasteiger partial charge in [0.15, 0.2) is 22.4 Å². The van der Waals surface area contributed by atoms with E-state index in [1.54, 1.807) is 14.0 Å². The molecule has 1 atom stereocenters. The first-order chi connectivity index (χ1) is 13.8. The van der Waals surface area contributed by atoms with E-state index in [0.29, 0.717) is 28.8 Å². The number of hydrogen-bond donors (Lipinski definition) is 2. The summed E-state index contributed by atoms with van der Waals surface area (Å²) in [6, 6.07) is 11.7. The molecule has 0 radical (unpaired) electrons. The summed E-state index contributed by atoms with van der Waals surface area (Å²) >= 11 is 5.28. The number of allylic oxidation sites excluding steroid dienone is 1. The topological polar surface area (TPSA) is 59.6 Å². The second kappa shape index (κ2) is 8.66. The van der Waals surface area contributed by atoms with Gasteiger partial charge >= 0.3 is 0 Å². The average Bonchev–Trinajstić information content (AvgIpc) is 2.67. The molecule has 0 amide bonds. The van der Waals surface area contributed by atoms with Gasteiger partial charge in [0.05, 0.1) is 13.2 Å². The predicted octanol–water partition coefficient (Wildman–Crippen LogP) is 4.27. The Bertz CT molecular complexity index is 998. The van der Waals surface area contributed by atoms with Crippen molar-refractivity contribution in [2.24, 2.45) is 0 Å². The molecule has 2 N–H and O–H groups in total. The summed E-state index contributed by atoms with van der Waals surface area (Å²) in [6.45, 7) is 8.01. The van der Waals surface area contributed by atoms with E-state index in [-0.39, 0.29) is 11.8 Å². The highest BCUT2D eigenvalue weighted by atomic mass is 32.1. The zero-order chi connectivity index (χ0) is 21.1. The number of benzene rings is 2. The van der Waals surface area contributed by atoms with Crippen molar-refractivity contribution in [2.45, 2.75) is 40.3 Å². The van der Waals surface area contributed by atoms with E-state index in [0.717, 1.165) is 16.8 Å². The zero-order valence-electron chi connectivity index (χ0n) is 17.4. The number of carbonyl (C=O) groups is 1. The first-order valence-electron chi connectivity index (χ1n) is 9.46. The summed E-state index contributed by atoms with van der Waals surface area (Å²) in [5.41, 5.74) is 5.83. The van der Waals surface area contributed by atoms with Crippen LogP contribution in [-0.2, 0) is 11.4 Å². The Balaban J connectivity index is 1.88. The number of thiocarbonyl (C=S) groups is 1. The molecule has 1 aliphatic heterocycles. The summed E-state index contributed by atoms with van der Waals surface area (Å²) in [7, 11) is 1.61. The van der Waals surface area contributed by atoms with Crippen molar-refractivity contribution in [1.29, 1.82) is 0 Å². The minimum absolute atomic E-state index is 0.00999. The number of nitrogens with one attached hydrogen (secondary N) is 2. The van der Waals surface area contributed by atoms with Gasteiger partial charge in [0.25, 0.3) is 0 Å². The summed E-state index contributed by atoms with van der Waals surface area (Å²) in [4.78, 5) is 12.2. The third-order valence-electron chi connectivity index (χ3n) is 5.06. The van der Waals surface area contributed by atoms with Crippen molar-refractivity contribution in [3.8, 4) is 11.5 Å². The Morgan fingerprint density at radius 2 is 1.86 bits per heavy atom. The van der Waals surface area contributed by atoms with Gasteiger partial charge in [-0.3, -0.25) is 4.79 Å². The van der Waals surface area contributed by atoms with E-state index < -0.39 is 0 Å². The van der Waals surface area contributed by atoms with Crippen molar-refractivity contribution in [3.63, 3.8) is 0 Å². The Hall–Kier alpha value is -2.86. The van der Waals surface area contributed by atoms with E-state index in [1.807, 2.05) is 25.1 Å². The van der Waals surface area contributed by atoms with Gasteiger partial charge in [-0.1, -0.05) is 29.8 Å². The lowest BCUT2D eigenvalue weighted by molar-refractivity contribution is -0.114. The van der Waals surface area contributed by atoms with Crippen molar-refractivity contribution < 1.29 is 14.3 Å². The lowest BCUT2D eigenvalue weighted by Crippen LogP contribution is -2.44. The maximum atomic E-state index is 12.2. The normalized spacial score (nSPS) is 16.2. The Morgan fingerprint density at radius 1 is 1.10 bits per heavy atom. The van der Waals surface area contributed by atoms with Crippen LogP contribution < -0.4 is 20.1 Å². The minimum atomic E-state index is -0.330. The van der Waals surface area contributed by atoms with Gasteiger partial charge in [0.2, 0.25) is 0 Å². The van der Waals surface area contributed by atoms with Crippen molar-refractivity contribution in [2.75, 3.05) is 7.11 Å². The van der Waals surface area contributed by atoms with Crippen molar-refractivity contribution >= 4 is 23.1 Å². The van der Waals surface area contributed by atoms with E-state index in [4.69, 9.17) is 21.7 Å². The second-order valence-corrected chi connectivity index (χ2v) is 7.66. The number of ketones is 1. The number of Topliss-reactive ketones (excluding diaryl/α,β-unsaturated/α-hetero) is 1. The second-order valence-electron chi connectivity index (χ2n) is 7.26. The van der Waals surface area contributed by atoms with Crippen molar-refractivity contribution in [1.82, 2.24) is 10.6 Å². The number of rotatable bonds is 6. The maximum Gasteiger partial charge on any atom is 0.171 e. The predicted molar refractivity (Wildman–Crippen MR) is 118 cm³/mol. The highest BCUT2D eigenvalue weighted by Gasteiger charge is 2.28. The molecular formula is C23H26N2O3S. The van der Waals surface area contributed by atoms with Crippen LogP contribution in [0.3, 0.4) is 0 Å². The highest BCUT2D eigenvalue weighted by Crippen LogP contribution is 2.35. The van der Waals surface area contributed by atoms with Gasteiger partial charge in [-0.15, -0.1) is 0 Å². The van der Waals surface area contributed by atoms with Gasteiger partial charge in [-0.25, -0.2) is 0 Å². The summed E-state index contributed by atoms with van der Waals surface area (Å²) in [5, 5.41) is 6.70. The average molecular weight is 411 g/mol. The Kier molecular flexibility index (Phi) is 6.23. The molecule has 0 bridgehead atoms. The van der Waals surface area contributed by atoms with Crippen LogP contribution in [0.15, 0.2) is 47.7 Å². The monoisotopic (exact) mass is 410 g/mol. The van der Waals surface area contributed by atoms with Gasteiger partial charge in [0.1, 0.15) is 6.61 Å². The van der Waals surface area contributed by atoms with Crippen LogP contribution in [0.25, 0.3) is 0 Å². The number of ether oxygens (including phenoxy) is 2. The van der Waals surface area contributed by atoms with Crippen LogP contribution >= 0.6 is 12.2 Å². The first kappa shape index (κ1) is 20.9. The molecule has 1 unspecified atom stereocenters. The molecule has 0 spiro atoms. The van der Waals surface area contributed by atoms with Gasteiger partial charge in [-0.2, -0.15) is 0 Å². The molecule has 2 aromatic carbocycles. The molecule has 1 aliphatic rings. The van der Waals surface area contributed by atoms with Gasteiger partial charge in [-0.05, 0) is 68.7 Å². The van der Waals surface area contributed by atoms with Crippen LogP contribution in [0.1, 0.15) is 42.1 Å². The highest BCUT2D eigenvalue weighted by molar-refractivity contribution is 7.80. The summed E-state index contributed by atoms with van der Waals surface area (Å²) in [6.07, 6.45) is 0. The van der Waals surface area contributed by atoms with Crippen molar-refractivity contribution in [3.05, 3.63) is 69.9 Å². The number of carbonyl (C=O) groups excluding carboxylic acids is 1. The molecule has 0 aliphatic carbocycles. The van der Waals surface area contributed by atoms with Crippen LogP contribution in [0.4, 0.5) is 0 Å². The third-order valence-corrected chi connectivity index (χ3v) is 5.28. The fraction of sp³-hybridized carbons (Fsp3) is 0.304. The van der Waals surface area contributed by atoms with E-state index in [1.165, 1.54) is 11.1 Å². The Morgan fingerprint density at radius 3 is 2.55 bits per heavy atom. The molecule has 2 aromatic rings. The molecule has 1 heterocycles. The molecular weight excluding hydrogens is 384 g/mol. The van der Waals surface area contributed by atoms with E-state index >= 15 is 0 Å². The number of methoxy groups -OCH3 is 1. The molecule has 5 nitrogen and oxygen atoms in total. The smallest absolute Gasteiger partial charge is 0.171 e. The first-order valence-corrected chi connectivity index (χ1v) is 9.87. The standard InChI is InChI=1S/C23H26N2O3S/c1-13-6-7-14(2)18(10-13)12-28-19-9-8-17(11-20(19)27-5)22-21(16(4)26)15(3)24-23(29)25-22/h6-11,22H,12H2,1-5H3,(H2,24,25,29). The molecule has 3 rings (SSSR count). The lowest BCUT2D eigenvalue weighted by atomic mass is 9.93. The number of hydrogen-bond acceptors (Lipinski definition) is 4. The molecule has 6 heteroatoms. The third kappa shape index (κ3) is 4.59. The van der Waals surface area contributed by atoms with Crippen LogP contribution in [-0.4, -0.2) is 18.0 Å². The Labute approximate surface area is 177 Å². The van der Waals surface area contributed by atoms with E-state index in [9.17, 15) is 4.79 Å². The molecule has 0 fully saturated rings. The van der Waals surface area contributed by atoms with Gasteiger partial charge < -0.3 is 20.1 Å². The summed E-state index contributed by atoms with van der Waals surface area (Å²) < 4.78 is 11.6. The SMILES string of the molecule is COc1cc(C2NC(=S)NC(C)=C2C(C)=O)ccc1OCc1cc(C)ccc1C. The van der Waals surface area contributed by atoms with Crippen LogP contribution in [0.5, 0.6) is 11.5 Å². The molecule has 0 aromatic heterocycles. The fourth-order valence-electron chi connectivity index (χ4n) is 3.51. The largest absolute Gasteiger partial charge is 0.493 e. The lowest BCUT2D eigenvalue weighted by Gasteiger charge is -2.30. The fourth-order valence-corrected chi connectivity index (χ4v) is 3.78. The molecule has 29 heavy (non-hydrogen) atoms. The van der Waals surface area contributed by atoms with Crippen LogP contribution in [0.2, 0.25) is 0 Å². The maximum absolute atomic E-state index is 12.2. The quantitative estimate of drug-likeness (QED) is 0.694. The molecule has 152 valence electrons. The number of aryl methyl sites for hydroxylation is 2. The van der Waals surface area contributed by atoms with Gasteiger partial charge in [0, 0.05) is 11.3 Å².